The van der Waals surface area contributed by atoms with Crippen molar-refractivity contribution < 1.29 is 14.6 Å². The van der Waals surface area contributed by atoms with Gasteiger partial charge >= 0.3 is 5.97 Å². The number of phenolic OH excluding ortho intramolecular Hbond substituents is 1. The van der Waals surface area contributed by atoms with Crippen LogP contribution in [0.1, 0.15) is 71.9 Å². The number of fused-ring (bicyclic) bond motifs is 7. The van der Waals surface area contributed by atoms with Gasteiger partial charge in [0.1, 0.15) is 11.4 Å². The van der Waals surface area contributed by atoms with Crippen molar-refractivity contribution in [2.24, 2.45) is 11.8 Å². The third kappa shape index (κ3) is 2.30. The first-order chi connectivity index (χ1) is 13.0. The zero-order valence-corrected chi connectivity index (χ0v) is 15.9. The first-order valence-corrected chi connectivity index (χ1v) is 10.1. The highest BCUT2D eigenvalue weighted by molar-refractivity contribution is 5.89. The molecule has 2 N–H and O–H groups in total. The molecule has 1 heterocycles. The van der Waals surface area contributed by atoms with E-state index in [-0.39, 0.29) is 11.4 Å². The van der Waals surface area contributed by atoms with Crippen LogP contribution in [-0.4, -0.2) is 27.9 Å². The van der Waals surface area contributed by atoms with Crippen LogP contribution in [0.2, 0.25) is 0 Å². The van der Waals surface area contributed by atoms with Gasteiger partial charge in [0.15, 0.2) is 0 Å². The molecule has 1 aromatic carbocycles. The number of hydrogen-bond acceptors (Lipinski definition) is 4. The topological polar surface area (TPSA) is 75.2 Å². The molecule has 3 aliphatic carbocycles. The molecular weight excluding hydrogens is 340 g/mol. The van der Waals surface area contributed by atoms with E-state index in [2.05, 4.69) is 23.2 Å². The van der Waals surface area contributed by atoms with Crippen LogP contribution in [0, 0.1) is 11.8 Å². The van der Waals surface area contributed by atoms with Crippen LogP contribution in [0.3, 0.4) is 0 Å². The van der Waals surface area contributed by atoms with Crippen LogP contribution >= 0.6 is 0 Å². The van der Waals surface area contributed by atoms with Gasteiger partial charge in [-0.05, 0) is 80.0 Å². The second-order valence-electron chi connectivity index (χ2n) is 8.61. The second-order valence-corrected chi connectivity index (χ2v) is 8.61. The average molecular weight is 366 g/mol. The van der Waals surface area contributed by atoms with E-state index in [1.165, 1.54) is 11.1 Å². The number of aromatic nitrogens is 2. The number of esters is 1. The van der Waals surface area contributed by atoms with Crippen molar-refractivity contribution in [3.8, 4) is 5.75 Å². The molecule has 1 fully saturated rings. The Labute approximate surface area is 159 Å². The van der Waals surface area contributed by atoms with Crippen LogP contribution in [-0.2, 0) is 23.0 Å². The van der Waals surface area contributed by atoms with E-state index in [0.29, 0.717) is 35.8 Å². The summed E-state index contributed by atoms with van der Waals surface area (Å²) in [5, 5.41) is 17.4. The Morgan fingerprint density at radius 3 is 3.07 bits per heavy atom. The summed E-state index contributed by atoms with van der Waals surface area (Å²) in [5.41, 5.74) is 5.49. The zero-order chi connectivity index (χ0) is 18.8. The summed E-state index contributed by atoms with van der Waals surface area (Å²) in [7, 11) is 0. The molecule has 0 radical (unpaired) electrons. The summed E-state index contributed by atoms with van der Waals surface area (Å²) in [4.78, 5) is 12.3. The number of ether oxygens (including phenoxy) is 1. The number of nitrogens with one attached hydrogen (secondary N) is 1. The number of aryl methyl sites for hydroxylation is 1. The van der Waals surface area contributed by atoms with Crippen LogP contribution in [0.5, 0.6) is 5.75 Å². The number of benzene rings is 1. The van der Waals surface area contributed by atoms with Gasteiger partial charge in [-0.15, -0.1) is 0 Å². The number of rotatable bonds is 2. The number of hydrogen-bond donors (Lipinski definition) is 2. The molecule has 3 unspecified atom stereocenters. The Balaban J connectivity index is 1.50. The number of carbonyl (C=O) groups is 1. The lowest BCUT2D eigenvalue weighted by atomic mass is 9.55. The monoisotopic (exact) mass is 366 g/mol. The highest BCUT2D eigenvalue weighted by Gasteiger charge is 2.55. The molecule has 5 nitrogen and oxygen atoms in total. The minimum absolute atomic E-state index is 0.0339. The van der Waals surface area contributed by atoms with Gasteiger partial charge in [0.2, 0.25) is 0 Å². The second kappa shape index (κ2) is 5.85. The molecule has 0 spiro atoms. The van der Waals surface area contributed by atoms with Crippen LogP contribution in [0.4, 0.5) is 0 Å². The Morgan fingerprint density at radius 1 is 1.41 bits per heavy atom. The predicted octanol–water partition coefficient (Wildman–Crippen LogP) is 3.86. The van der Waals surface area contributed by atoms with Gasteiger partial charge in [-0.25, -0.2) is 4.79 Å². The quantitative estimate of drug-likeness (QED) is 0.792. The van der Waals surface area contributed by atoms with Gasteiger partial charge in [-0.1, -0.05) is 13.0 Å². The van der Waals surface area contributed by atoms with Gasteiger partial charge in [-0.3, -0.25) is 5.10 Å². The van der Waals surface area contributed by atoms with E-state index < -0.39 is 0 Å². The van der Waals surface area contributed by atoms with E-state index in [1.807, 2.05) is 19.1 Å². The number of nitrogens with zero attached hydrogens (tertiary/aromatic N) is 1. The first kappa shape index (κ1) is 16.8. The number of aromatic amines is 1. The van der Waals surface area contributed by atoms with Crippen molar-refractivity contribution in [3.05, 3.63) is 46.3 Å². The van der Waals surface area contributed by atoms with Gasteiger partial charge in [0, 0.05) is 11.0 Å². The van der Waals surface area contributed by atoms with E-state index in [4.69, 9.17) is 4.74 Å². The molecule has 0 amide bonds. The van der Waals surface area contributed by atoms with E-state index in [0.717, 1.165) is 43.4 Å². The van der Waals surface area contributed by atoms with Crippen molar-refractivity contribution in [2.75, 3.05) is 6.61 Å². The first-order valence-electron chi connectivity index (χ1n) is 10.1. The smallest absolute Gasteiger partial charge is 0.356 e. The molecule has 0 aliphatic heterocycles. The zero-order valence-electron chi connectivity index (χ0n) is 15.9. The Hall–Kier alpha value is -2.30. The molecular formula is C22H26N2O3. The number of aromatic hydroxyl groups is 1. The minimum Gasteiger partial charge on any atom is -0.508 e. The Kier molecular flexibility index (Phi) is 3.65. The molecule has 27 heavy (non-hydrogen) atoms. The summed E-state index contributed by atoms with van der Waals surface area (Å²) in [6.45, 7) is 4.54. The number of H-pyrrole nitrogens is 1. The van der Waals surface area contributed by atoms with E-state index >= 15 is 0 Å². The fourth-order valence-electron chi connectivity index (χ4n) is 6.19. The van der Waals surface area contributed by atoms with Crippen molar-refractivity contribution >= 4 is 5.97 Å². The van der Waals surface area contributed by atoms with Crippen molar-refractivity contribution in [1.29, 1.82) is 0 Å². The van der Waals surface area contributed by atoms with Crippen LogP contribution in [0.25, 0.3) is 0 Å². The summed E-state index contributed by atoms with van der Waals surface area (Å²) in [6, 6.07) is 5.90. The fraction of sp³-hybridized carbons (Fsp3) is 0.545. The molecule has 2 aromatic rings. The Bertz CT molecular complexity index is 918. The number of carbonyl (C=O) groups excluding carboxylic acids is 1. The molecule has 4 atom stereocenters. The molecule has 5 rings (SSSR count). The lowest BCUT2D eigenvalue weighted by Gasteiger charge is -2.49. The molecule has 0 bridgehead atoms. The molecule has 3 aliphatic rings. The van der Waals surface area contributed by atoms with Crippen molar-refractivity contribution in [1.82, 2.24) is 10.2 Å². The molecule has 1 saturated carbocycles. The summed E-state index contributed by atoms with van der Waals surface area (Å²) < 4.78 is 5.23. The summed E-state index contributed by atoms with van der Waals surface area (Å²) in [5.74, 6) is 1.75. The van der Waals surface area contributed by atoms with Crippen molar-refractivity contribution in [2.45, 2.75) is 57.3 Å². The maximum Gasteiger partial charge on any atom is 0.356 e. The van der Waals surface area contributed by atoms with Gasteiger partial charge < -0.3 is 9.84 Å². The largest absolute Gasteiger partial charge is 0.508 e. The van der Waals surface area contributed by atoms with Gasteiger partial charge in [0.25, 0.3) is 0 Å². The van der Waals surface area contributed by atoms with Crippen molar-refractivity contribution in [3.63, 3.8) is 0 Å². The highest BCUT2D eigenvalue weighted by atomic mass is 16.5. The fourth-order valence-corrected chi connectivity index (χ4v) is 6.19. The maximum absolute atomic E-state index is 12.3. The average Bonchev–Trinajstić information content (AvgIpc) is 3.19. The summed E-state index contributed by atoms with van der Waals surface area (Å²) in [6.07, 6.45) is 5.29. The summed E-state index contributed by atoms with van der Waals surface area (Å²) >= 11 is 0. The molecule has 142 valence electrons. The number of phenols is 1. The van der Waals surface area contributed by atoms with Crippen LogP contribution in [0.15, 0.2) is 18.2 Å². The lowest BCUT2D eigenvalue weighted by molar-refractivity contribution is 0.0516. The van der Waals surface area contributed by atoms with E-state index in [9.17, 15) is 9.90 Å². The normalized spacial score (nSPS) is 30.8. The lowest BCUT2D eigenvalue weighted by Crippen LogP contribution is -2.43. The van der Waals surface area contributed by atoms with Gasteiger partial charge in [0.05, 0.1) is 12.3 Å². The maximum atomic E-state index is 12.3. The highest BCUT2D eigenvalue weighted by Crippen LogP contribution is 2.60. The molecule has 5 heteroatoms. The molecule has 0 saturated heterocycles. The van der Waals surface area contributed by atoms with Crippen LogP contribution < -0.4 is 0 Å². The molecule has 1 aromatic heterocycles. The third-order valence-corrected chi connectivity index (χ3v) is 7.41. The predicted molar refractivity (Wildman–Crippen MR) is 101 cm³/mol. The van der Waals surface area contributed by atoms with Gasteiger partial charge in [-0.2, -0.15) is 5.10 Å². The standard InChI is InChI=1S/C22H26N2O3/c1-3-27-21(26)19-17-11-18-16-6-4-12-10-13(25)5-7-14(12)15(16)8-9-22(18,2)20(17)24-23-19/h5,7,10,15-16,18,25H,3-4,6,8-9,11H2,1-2H3,(H,23,24)/t15?,16?,18?,22-/m0/s1. The third-order valence-electron chi connectivity index (χ3n) is 7.41. The Morgan fingerprint density at radius 2 is 2.26 bits per heavy atom. The minimum atomic E-state index is -0.283. The van der Waals surface area contributed by atoms with E-state index in [1.54, 1.807) is 0 Å². The SMILES string of the molecule is CCOC(=O)c1[nH]nc2c1CC1C3CCc4cc(O)ccc4C3CC[C@]21C.